The minimum Gasteiger partial charge on any atom is -0.313 e. The molecule has 0 aliphatic carbocycles. The monoisotopic (exact) mass is 221 g/mol. The van der Waals surface area contributed by atoms with Crippen LogP contribution < -0.4 is 5.32 Å². The lowest BCUT2D eigenvalue weighted by Gasteiger charge is -2.03. The highest BCUT2D eigenvalue weighted by Gasteiger charge is 2.03. The molecule has 16 heavy (non-hydrogen) atoms. The molecule has 1 aromatic rings. The Labute approximate surface area is 98.5 Å². The molecule has 0 atom stereocenters. The van der Waals surface area contributed by atoms with E-state index in [9.17, 15) is 0 Å². The Balaban J connectivity index is 2.65. The van der Waals surface area contributed by atoms with Crippen molar-refractivity contribution >= 4 is 6.08 Å². The van der Waals surface area contributed by atoms with E-state index in [0.29, 0.717) is 0 Å². The van der Waals surface area contributed by atoms with Crippen LogP contribution >= 0.6 is 0 Å². The van der Waals surface area contributed by atoms with Gasteiger partial charge in [-0.3, -0.25) is 4.68 Å². The van der Waals surface area contributed by atoms with Crippen LogP contribution in [-0.2, 0) is 13.5 Å². The molecule has 0 saturated heterocycles. The van der Waals surface area contributed by atoms with Gasteiger partial charge in [0.2, 0.25) is 0 Å². The normalized spacial score (nSPS) is 12.1. The van der Waals surface area contributed by atoms with Gasteiger partial charge in [0.15, 0.2) is 0 Å². The fourth-order valence-electron chi connectivity index (χ4n) is 1.73. The van der Waals surface area contributed by atoms with Gasteiger partial charge in [0.05, 0.1) is 5.69 Å². The lowest BCUT2D eigenvalue weighted by Crippen LogP contribution is -2.16. The van der Waals surface area contributed by atoms with Crippen molar-refractivity contribution < 1.29 is 0 Å². The second-order valence-corrected chi connectivity index (χ2v) is 4.23. The van der Waals surface area contributed by atoms with Crippen molar-refractivity contribution in [3.8, 4) is 0 Å². The summed E-state index contributed by atoms with van der Waals surface area (Å²) in [6, 6.07) is 0. The standard InChI is InChI=1S/C13H23N3/c1-5-7-14-9-11(3)8-12-10-16(4)15-13(12)6-2/h8,10,14H,5-7,9H2,1-4H3. The third-order valence-corrected chi connectivity index (χ3v) is 2.50. The summed E-state index contributed by atoms with van der Waals surface area (Å²) in [6.07, 6.45) is 6.49. The SMILES string of the molecule is CCCNCC(C)=Cc1cn(C)nc1CC. The third kappa shape index (κ3) is 3.81. The van der Waals surface area contributed by atoms with Crippen LogP contribution in [-0.4, -0.2) is 22.9 Å². The molecule has 0 fully saturated rings. The molecule has 1 aromatic heterocycles. The molecule has 0 unspecified atom stereocenters. The number of hydrogen-bond acceptors (Lipinski definition) is 2. The van der Waals surface area contributed by atoms with Gasteiger partial charge in [0.1, 0.15) is 0 Å². The lowest BCUT2D eigenvalue weighted by molar-refractivity contribution is 0.715. The molecule has 0 radical (unpaired) electrons. The summed E-state index contributed by atoms with van der Waals surface area (Å²) in [7, 11) is 1.97. The molecular weight excluding hydrogens is 198 g/mol. The predicted molar refractivity (Wildman–Crippen MR) is 69.4 cm³/mol. The Morgan fingerprint density at radius 2 is 2.25 bits per heavy atom. The average molecular weight is 221 g/mol. The van der Waals surface area contributed by atoms with Crippen LogP contribution in [0.2, 0.25) is 0 Å². The van der Waals surface area contributed by atoms with E-state index in [1.165, 1.54) is 23.3 Å². The van der Waals surface area contributed by atoms with Crippen molar-refractivity contribution in [3.05, 3.63) is 23.0 Å². The van der Waals surface area contributed by atoms with Crippen molar-refractivity contribution in [1.82, 2.24) is 15.1 Å². The van der Waals surface area contributed by atoms with Gasteiger partial charge in [0.25, 0.3) is 0 Å². The van der Waals surface area contributed by atoms with Crippen molar-refractivity contribution in [2.45, 2.75) is 33.6 Å². The van der Waals surface area contributed by atoms with Gasteiger partial charge < -0.3 is 5.32 Å². The van der Waals surface area contributed by atoms with E-state index in [1.54, 1.807) is 0 Å². The number of rotatable bonds is 6. The molecule has 3 nitrogen and oxygen atoms in total. The number of hydrogen-bond donors (Lipinski definition) is 1. The number of nitrogens with one attached hydrogen (secondary N) is 1. The highest BCUT2D eigenvalue weighted by molar-refractivity contribution is 5.54. The van der Waals surface area contributed by atoms with E-state index in [-0.39, 0.29) is 0 Å². The minimum absolute atomic E-state index is 0.964. The first-order valence-electron chi connectivity index (χ1n) is 6.07. The van der Waals surface area contributed by atoms with Gasteiger partial charge in [-0.05, 0) is 26.3 Å². The fourth-order valence-corrected chi connectivity index (χ4v) is 1.73. The summed E-state index contributed by atoms with van der Waals surface area (Å²) in [5.41, 5.74) is 3.79. The molecule has 3 heteroatoms. The summed E-state index contributed by atoms with van der Waals surface area (Å²) in [5.74, 6) is 0. The molecule has 0 bridgehead atoms. The maximum atomic E-state index is 4.43. The van der Waals surface area contributed by atoms with Crippen molar-refractivity contribution in [2.75, 3.05) is 13.1 Å². The van der Waals surface area contributed by atoms with E-state index in [4.69, 9.17) is 0 Å². The van der Waals surface area contributed by atoms with Crippen LogP contribution in [0.15, 0.2) is 11.8 Å². The van der Waals surface area contributed by atoms with E-state index in [0.717, 1.165) is 19.5 Å². The zero-order valence-corrected chi connectivity index (χ0v) is 10.9. The highest BCUT2D eigenvalue weighted by Crippen LogP contribution is 2.11. The van der Waals surface area contributed by atoms with E-state index in [1.807, 2.05) is 11.7 Å². The average Bonchev–Trinajstić information content (AvgIpc) is 2.59. The molecule has 0 amide bonds. The van der Waals surface area contributed by atoms with Gasteiger partial charge in [-0.25, -0.2) is 0 Å². The quantitative estimate of drug-likeness (QED) is 0.747. The van der Waals surface area contributed by atoms with Gasteiger partial charge >= 0.3 is 0 Å². The molecule has 0 saturated carbocycles. The van der Waals surface area contributed by atoms with E-state index in [2.05, 4.69) is 43.5 Å². The Morgan fingerprint density at radius 3 is 2.88 bits per heavy atom. The van der Waals surface area contributed by atoms with Crippen molar-refractivity contribution in [2.24, 2.45) is 7.05 Å². The van der Waals surface area contributed by atoms with Gasteiger partial charge in [0, 0.05) is 25.4 Å². The molecule has 0 spiro atoms. The predicted octanol–water partition coefficient (Wildman–Crippen LogP) is 2.39. The molecule has 1 rings (SSSR count). The second kappa shape index (κ2) is 6.48. The first-order valence-corrected chi connectivity index (χ1v) is 6.07. The van der Waals surface area contributed by atoms with Crippen LogP contribution in [0.25, 0.3) is 6.08 Å². The number of nitrogens with zero attached hydrogens (tertiary/aromatic N) is 2. The van der Waals surface area contributed by atoms with Crippen LogP contribution in [0.3, 0.4) is 0 Å². The van der Waals surface area contributed by atoms with Crippen molar-refractivity contribution in [3.63, 3.8) is 0 Å². The van der Waals surface area contributed by atoms with Gasteiger partial charge in [-0.15, -0.1) is 0 Å². The number of aromatic nitrogens is 2. The van der Waals surface area contributed by atoms with E-state index >= 15 is 0 Å². The summed E-state index contributed by atoms with van der Waals surface area (Å²) in [5, 5.41) is 7.83. The van der Waals surface area contributed by atoms with Gasteiger partial charge in [-0.1, -0.05) is 25.5 Å². The first-order chi connectivity index (χ1) is 7.67. The van der Waals surface area contributed by atoms with Crippen molar-refractivity contribution in [1.29, 1.82) is 0 Å². The van der Waals surface area contributed by atoms with Crippen LogP contribution in [0.1, 0.15) is 38.4 Å². The Bertz CT molecular complexity index is 350. The molecule has 0 aromatic carbocycles. The van der Waals surface area contributed by atoms with Gasteiger partial charge in [-0.2, -0.15) is 5.10 Å². The smallest absolute Gasteiger partial charge is 0.0694 e. The summed E-state index contributed by atoms with van der Waals surface area (Å²) in [6.45, 7) is 8.53. The maximum Gasteiger partial charge on any atom is 0.0694 e. The molecule has 90 valence electrons. The molecular formula is C13H23N3. The maximum absolute atomic E-state index is 4.43. The van der Waals surface area contributed by atoms with Crippen LogP contribution in [0.4, 0.5) is 0 Å². The highest BCUT2D eigenvalue weighted by atomic mass is 15.2. The second-order valence-electron chi connectivity index (χ2n) is 4.23. The van der Waals surface area contributed by atoms with E-state index < -0.39 is 0 Å². The van der Waals surface area contributed by atoms with Crippen LogP contribution in [0, 0.1) is 0 Å². The first kappa shape index (κ1) is 13.0. The molecule has 0 aliphatic rings. The fraction of sp³-hybridized carbons (Fsp3) is 0.615. The molecule has 0 aliphatic heterocycles. The largest absolute Gasteiger partial charge is 0.313 e. The number of aryl methyl sites for hydroxylation is 2. The van der Waals surface area contributed by atoms with Crippen LogP contribution in [0.5, 0.6) is 0 Å². The Morgan fingerprint density at radius 1 is 1.50 bits per heavy atom. The Hall–Kier alpha value is -1.09. The summed E-state index contributed by atoms with van der Waals surface area (Å²) in [4.78, 5) is 0. The molecule has 1 N–H and O–H groups in total. The topological polar surface area (TPSA) is 29.9 Å². The Kier molecular flexibility index (Phi) is 5.26. The zero-order valence-electron chi connectivity index (χ0n) is 10.9. The lowest BCUT2D eigenvalue weighted by atomic mass is 10.1. The minimum atomic E-state index is 0.964. The summed E-state index contributed by atoms with van der Waals surface area (Å²) < 4.78 is 1.89. The third-order valence-electron chi connectivity index (χ3n) is 2.50. The molecule has 1 heterocycles. The summed E-state index contributed by atoms with van der Waals surface area (Å²) >= 11 is 0. The zero-order chi connectivity index (χ0) is 12.0.